The third-order valence-electron chi connectivity index (χ3n) is 3.23. The molecule has 0 bridgehead atoms. The minimum absolute atomic E-state index is 0.0438. The molecule has 1 aliphatic carbocycles. The van der Waals surface area contributed by atoms with E-state index in [1.807, 2.05) is 0 Å². The van der Waals surface area contributed by atoms with E-state index in [1.165, 1.54) is 0 Å². The molecule has 0 unspecified atom stereocenters. The lowest BCUT2D eigenvalue weighted by Crippen LogP contribution is -2.36. The van der Waals surface area contributed by atoms with Crippen molar-refractivity contribution in [2.24, 2.45) is 0 Å². The van der Waals surface area contributed by atoms with Gasteiger partial charge in [0.05, 0.1) is 11.4 Å². The Bertz CT molecular complexity index is 510. The Labute approximate surface area is 114 Å². The lowest BCUT2D eigenvalue weighted by molar-refractivity contribution is 0.342. The summed E-state index contributed by atoms with van der Waals surface area (Å²) in [5, 5.41) is 0. The summed E-state index contributed by atoms with van der Waals surface area (Å²) in [7, 11) is -3.26. The average Bonchev–Trinajstić information content (AvgIpc) is 2.83. The van der Waals surface area contributed by atoms with E-state index in [9.17, 15) is 8.42 Å². The Hall–Kier alpha value is -1.27. The number of para-hydroxylation sites is 2. The highest BCUT2D eigenvalue weighted by Gasteiger charge is 2.21. The maximum atomic E-state index is 11.8. The topological polar surface area (TPSA) is 81.4 Å². The molecule has 0 amide bonds. The zero-order valence-electron chi connectivity index (χ0n) is 10.8. The normalized spacial score (nSPS) is 16.6. The molecule has 0 aromatic heterocycles. The highest BCUT2D eigenvalue weighted by atomic mass is 32.2. The molecule has 0 heterocycles. The highest BCUT2D eigenvalue weighted by Crippen LogP contribution is 2.20. The zero-order chi connectivity index (χ0) is 13.7. The standard InChI is InChI=1S/C13H20N2O3S/c14-12-7-3-4-8-13(12)18-9-10-19(16,17)15-11-5-1-2-6-11/h3-4,7-8,11,15H,1-2,5-6,9-10,14H2. The molecule has 106 valence electrons. The fourth-order valence-electron chi connectivity index (χ4n) is 2.23. The molecule has 0 radical (unpaired) electrons. The Morgan fingerprint density at radius 1 is 1.26 bits per heavy atom. The van der Waals surface area contributed by atoms with Gasteiger partial charge in [0.1, 0.15) is 12.4 Å². The smallest absolute Gasteiger partial charge is 0.215 e. The number of rotatable bonds is 6. The highest BCUT2D eigenvalue weighted by molar-refractivity contribution is 7.89. The first kappa shape index (κ1) is 14.1. The van der Waals surface area contributed by atoms with Crippen LogP contribution in [0.2, 0.25) is 0 Å². The second-order valence-electron chi connectivity index (χ2n) is 4.80. The molecule has 6 heteroatoms. The van der Waals surface area contributed by atoms with E-state index in [1.54, 1.807) is 24.3 Å². The van der Waals surface area contributed by atoms with Gasteiger partial charge in [-0.05, 0) is 25.0 Å². The van der Waals surface area contributed by atoms with Crippen molar-refractivity contribution in [1.82, 2.24) is 4.72 Å². The molecule has 1 fully saturated rings. The van der Waals surface area contributed by atoms with E-state index in [2.05, 4.69) is 4.72 Å². The molecule has 1 saturated carbocycles. The Balaban J connectivity index is 1.79. The van der Waals surface area contributed by atoms with Crippen LogP contribution in [0.4, 0.5) is 5.69 Å². The van der Waals surface area contributed by atoms with E-state index in [0.717, 1.165) is 25.7 Å². The first-order valence-corrected chi connectivity index (χ1v) is 8.19. The minimum Gasteiger partial charge on any atom is -0.490 e. The molecule has 0 aliphatic heterocycles. The lowest BCUT2D eigenvalue weighted by Gasteiger charge is -2.13. The summed E-state index contributed by atoms with van der Waals surface area (Å²) in [6.45, 7) is 0.107. The molecule has 5 nitrogen and oxygen atoms in total. The number of hydrogen-bond acceptors (Lipinski definition) is 4. The Morgan fingerprint density at radius 2 is 1.95 bits per heavy atom. The van der Waals surface area contributed by atoms with E-state index in [4.69, 9.17) is 10.5 Å². The number of nitrogens with one attached hydrogen (secondary N) is 1. The molecule has 1 aromatic rings. The van der Waals surface area contributed by atoms with E-state index < -0.39 is 10.0 Å². The largest absolute Gasteiger partial charge is 0.490 e. The molecule has 19 heavy (non-hydrogen) atoms. The average molecular weight is 284 g/mol. The van der Waals surface area contributed by atoms with Crippen LogP contribution in [-0.4, -0.2) is 26.8 Å². The van der Waals surface area contributed by atoms with Gasteiger partial charge >= 0.3 is 0 Å². The van der Waals surface area contributed by atoms with Crippen LogP contribution in [0.3, 0.4) is 0 Å². The summed E-state index contributed by atoms with van der Waals surface area (Å²) in [6, 6.07) is 7.16. The van der Waals surface area contributed by atoms with E-state index in [-0.39, 0.29) is 18.4 Å². The summed E-state index contributed by atoms with van der Waals surface area (Å²) in [6.07, 6.45) is 4.08. The molecule has 3 N–H and O–H groups in total. The first-order valence-electron chi connectivity index (χ1n) is 6.54. The molecule has 1 aliphatic rings. The van der Waals surface area contributed by atoms with Crippen molar-refractivity contribution in [2.75, 3.05) is 18.1 Å². The first-order chi connectivity index (χ1) is 9.07. The van der Waals surface area contributed by atoms with Crippen molar-refractivity contribution in [2.45, 2.75) is 31.7 Å². The summed E-state index contributed by atoms with van der Waals surface area (Å²) in [5.74, 6) is 0.483. The van der Waals surface area contributed by atoms with Gasteiger partial charge in [-0.1, -0.05) is 25.0 Å². The Morgan fingerprint density at radius 3 is 2.63 bits per heavy atom. The van der Waals surface area contributed by atoms with Crippen LogP contribution in [-0.2, 0) is 10.0 Å². The Kier molecular flexibility index (Phi) is 4.66. The van der Waals surface area contributed by atoms with Crippen LogP contribution in [0.15, 0.2) is 24.3 Å². The number of hydrogen-bond donors (Lipinski definition) is 2. The van der Waals surface area contributed by atoms with Crippen molar-refractivity contribution in [3.63, 3.8) is 0 Å². The molecule has 0 saturated heterocycles. The van der Waals surface area contributed by atoms with Crippen molar-refractivity contribution in [1.29, 1.82) is 0 Å². The summed E-state index contributed by atoms with van der Waals surface area (Å²) >= 11 is 0. The van der Waals surface area contributed by atoms with Gasteiger partial charge in [0, 0.05) is 6.04 Å². The third-order valence-corrected chi connectivity index (χ3v) is 4.63. The minimum atomic E-state index is -3.26. The van der Waals surface area contributed by atoms with Crippen LogP contribution in [0.1, 0.15) is 25.7 Å². The number of ether oxygens (including phenoxy) is 1. The van der Waals surface area contributed by atoms with Gasteiger partial charge in [-0.3, -0.25) is 0 Å². The molecule has 1 aromatic carbocycles. The lowest BCUT2D eigenvalue weighted by atomic mass is 10.3. The molecular weight excluding hydrogens is 264 g/mol. The predicted molar refractivity (Wildman–Crippen MR) is 75.5 cm³/mol. The van der Waals surface area contributed by atoms with Gasteiger partial charge < -0.3 is 10.5 Å². The fourth-order valence-corrected chi connectivity index (χ4v) is 3.39. The third kappa shape index (κ3) is 4.40. The van der Waals surface area contributed by atoms with E-state index in [0.29, 0.717) is 11.4 Å². The predicted octanol–water partition coefficient (Wildman–Crippen LogP) is 1.51. The molecular formula is C13H20N2O3S. The van der Waals surface area contributed by atoms with Crippen molar-refractivity contribution in [3.8, 4) is 5.75 Å². The van der Waals surface area contributed by atoms with Crippen LogP contribution >= 0.6 is 0 Å². The van der Waals surface area contributed by atoms with Gasteiger partial charge in [-0.25, -0.2) is 13.1 Å². The maximum absolute atomic E-state index is 11.8. The maximum Gasteiger partial charge on any atom is 0.215 e. The van der Waals surface area contributed by atoms with Gasteiger partial charge in [0.15, 0.2) is 0 Å². The van der Waals surface area contributed by atoms with Crippen molar-refractivity contribution in [3.05, 3.63) is 24.3 Å². The second-order valence-corrected chi connectivity index (χ2v) is 6.68. The van der Waals surface area contributed by atoms with Gasteiger partial charge in [-0.2, -0.15) is 0 Å². The quantitative estimate of drug-likeness (QED) is 0.776. The summed E-state index contributed by atoms with van der Waals surface area (Å²) in [5.41, 5.74) is 6.23. The second kappa shape index (κ2) is 6.25. The van der Waals surface area contributed by atoms with E-state index >= 15 is 0 Å². The van der Waals surface area contributed by atoms with Gasteiger partial charge in [0.25, 0.3) is 0 Å². The van der Waals surface area contributed by atoms with Crippen molar-refractivity contribution >= 4 is 15.7 Å². The summed E-state index contributed by atoms with van der Waals surface area (Å²) < 4.78 is 31.8. The fraction of sp³-hybridized carbons (Fsp3) is 0.538. The summed E-state index contributed by atoms with van der Waals surface area (Å²) in [4.78, 5) is 0. The number of nitrogens with two attached hydrogens (primary N) is 1. The van der Waals surface area contributed by atoms with Crippen LogP contribution in [0, 0.1) is 0 Å². The monoisotopic (exact) mass is 284 g/mol. The molecule has 2 rings (SSSR count). The number of benzene rings is 1. The zero-order valence-corrected chi connectivity index (χ0v) is 11.7. The van der Waals surface area contributed by atoms with Crippen LogP contribution < -0.4 is 15.2 Å². The number of sulfonamides is 1. The number of nitrogen functional groups attached to an aromatic ring is 1. The van der Waals surface area contributed by atoms with Crippen LogP contribution in [0.5, 0.6) is 5.75 Å². The van der Waals surface area contributed by atoms with Gasteiger partial charge in [-0.15, -0.1) is 0 Å². The van der Waals surface area contributed by atoms with Crippen LogP contribution in [0.25, 0.3) is 0 Å². The van der Waals surface area contributed by atoms with Gasteiger partial charge in [0.2, 0.25) is 10.0 Å². The number of anilines is 1. The SMILES string of the molecule is Nc1ccccc1OCCS(=O)(=O)NC1CCCC1. The molecule has 0 atom stereocenters. The molecule has 0 spiro atoms. The van der Waals surface area contributed by atoms with Crippen molar-refractivity contribution < 1.29 is 13.2 Å².